The maximum atomic E-state index is 14.1. The molecule has 0 radical (unpaired) electrons. The lowest BCUT2D eigenvalue weighted by atomic mass is 9.93. The third kappa shape index (κ3) is 4.27. The summed E-state index contributed by atoms with van der Waals surface area (Å²) in [7, 11) is 0. The van der Waals surface area contributed by atoms with E-state index in [-0.39, 0.29) is 46.7 Å². The van der Waals surface area contributed by atoms with Gasteiger partial charge in [0, 0.05) is 42.3 Å². The highest BCUT2D eigenvalue weighted by atomic mass is 32.1. The van der Waals surface area contributed by atoms with Crippen molar-refractivity contribution in [1.29, 1.82) is 0 Å². The van der Waals surface area contributed by atoms with Gasteiger partial charge in [0.25, 0.3) is 5.91 Å². The van der Waals surface area contributed by atoms with Gasteiger partial charge in [-0.05, 0) is 39.3 Å². The fraction of sp³-hybridized carbons (Fsp3) is 0.360. The van der Waals surface area contributed by atoms with Crippen molar-refractivity contribution in [1.82, 2.24) is 19.8 Å². The van der Waals surface area contributed by atoms with Gasteiger partial charge < -0.3 is 19.9 Å². The molecular weight excluding hydrogens is 490 g/mol. The second kappa shape index (κ2) is 9.45. The SMILES string of the molecule is CCNC(=O)C1(C)CN(C(C)C)C(=O)c2c(O)c(=O)c(-c3ncc(Cc4ccc(F)cc4F)s3)cn21. The molecule has 4 rings (SSSR count). The van der Waals surface area contributed by atoms with Gasteiger partial charge in [-0.25, -0.2) is 13.8 Å². The van der Waals surface area contributed by atoms with Gasteiger partial charge in [0.05, 0.1) is 12.1 Å². The van der Waals surface area contributed by atoms with Gasteiger partial charge in [0.2, 0.25) is 11.3 Å². The lowest BCUT2D eigenvalue weighted by molar-refractivity contribution is -0.130. The Balaban J connectivity index is 1.83. The van der Waals surface area contributed by atoms with Crippen LogP contribution >= 0.6 is 11.3 Å². The summed E-state index contributed by atoms with van der Waals surface area (Å²) in [4.78, 5) is 45.9. The first kappa shape index (κ1) is 25.5. The molecular formula is C25H26F2N4O4S. The molecule has 36 heavy (non-hydrogen) atoms. The number of nitrogens with one attached hydrogen (secondary N) is 1. The zero-order chi connectivity index (χ0) is 26.4. The Bertz CT molecular complexity index is 1420. The average Bonchev–Trinajstić information content (AvgIpc) is 3.28. The standard InChI is InChI=1S/C25H26F2N4O4S/c1-5-28-24(35)25(4)12-30(13(2)3)23(34)19-21(33)20(32)17(11-31(19)25)22-29-10-16(36-22)8-14-6-7-15(26)9-18(14)27/h6-7,9-11,13,33H,5,8,12H2,1-4H3,(H,28,35). The molecule has 2 aromatic heterocycles. The van der Waals surface area contributed by atoms with Crippen LogP contribution < -0.4 is 10.7 Å². The molecule has 1 aromatic carbocycles. The minimum Gasteiger partial charge on any atom is -0.503 e. The molecule has 0 fully saturated rings. The molecule has 3 heterocycles. The maximum absolute atomic E-state index is 14.1. The van der Waals surface area contributed by atoms with Crippen LogP contribution in [0.1, 0.15) is 48.6 Å². The number of aromatic hydroxyl groups is 1. The fourth-order valence-corrected chi connectivity index (χ4v) is 5.22. The first-order valence-corrected chi connectivity index (χ1v) is 12.3. The van der Waals surface area contributed by atoms with Crippen molar-refractivity contribution in [2.24, 2.45) is 0 Å². The van der Waals surface area contributed by atoms with Crippen molar-refractivity contribution < 1.29 is 23.5 Å². The summed E-state index contributed by atoms with van der Waals surface area (Å²) in [6.45, 7) is 7.38. The molecule has 190 valence electrons. The van der Waals surface area contributed by atoms with E-state index in [9.17, 15) is 28.3 Å². The van der Waals surface area contributed by atoms with Crippen LogP contribution in [0.25, 0.3) is 10.6 Å². The van der Waals surface area contributed by atoms with Crippen LogP contribution in [0, 0.1) is 11.6 Å². The number of benzene rings is 1. The first-order chi connectivity index (χ1) is 17.0. The van der Waals surface area contributed by atoms with Gasteiger partial charge in [0.15, 0.2) is 11.4 Å². The number of carbonyl (C=O) groups is 2. The molecule has 0 saturated carbocycles. The zero-order valence-electron chi connectivity index (χ0n) is 20.3. The summed E-state index contributed by atoms with van der Waals surface area (Å²) in [6, 6.07) is 3.02. The third-order valence-corrected chi connectivity index (χ3v) is 7.30. The van der Waals surface area contributed by atoms with E-state index in [0.29, 0.717) is 11.4 Å². The molecule has 0 bridgehead atoms. The van der Waals surface area contributed by atoms with Crippen molar-refractivity contribution in [2.45, 2.75) is 45.7 Å². The summed E-state index contributed by atoms with van der Waals surface area (Å²) in [5.74, 6) is -3.06. The summed E-state index contributed by atoms with van der Waals surface area (Å²) in [5.41, 5.74) is -2.09. The van der Waals surface area contributed by atoms with E-state index in [2.05, 4.69) is 10.3 Å². The Morgan fingerprint density at radius 1 is 1.31 bits per heavy atom. The lowest BCUT2D eigenvalue weighted by Crippen LogP contribution is -2.61. The number of likely N-dealkylation sites (N-methyl/N-ethyl adjacent to an activating group) is 1. The first-order valence-electron chi connectivity index (χ1n) is 11.4. The fourth-order valence-electron chi connectivity index (χ4n) is 4.28. The highest BCUT2D eigenvalue weighted by Gasteiger charge is 2.47. The highest BCUT2D eigenvalue weighted by Crippen LogP contribution is 2.35. The Labute approximate surface area is 210 Å². The summed E-state index contributed by atoms with van der Waals surface area (Å²) >= 11 is 1.10. The summed E-state index contributed by atoms with van der Waals surface area (Å²) in [6.07, 6.45) is 2.97. The molecule has 0 spiro atoms. The second-order valence-electron chi connectivity index (χ2n) is 9.14. The molecule has 11 heteroatoms. The highest BCUT2D eigenvalue weighted by molar-refractivity contribution is 7.15. The van der Waals surface area contributed by atoms with Crippen LogP contribution in [0.3, 0.4) is 0 Å². The Morgan fingerprint density at radius 3 is 2.67 bits per heavy atom. The maximum Gasteiger partial charge on any atom is 0.274 e. The smallest absolute Gasteiger partial charge is 0.274 e. The second-order valence-corrected chi connectivity index (χ2v) is 10.3. The average molecular weight is 517 g/mol. The van der Waals surface area contributed by atoms with Crippen molar-refractivity contribution in [2.75, 3.05) is 13.1 Å². The normalized spacial score (nSPS) is 17.4. The molecule has 3 aromatic rings. The number of hydrogen-bond acceptors (Lipinski definition) is 6. The van der Waals surface area contributed by atoms with E-state index in [4.69, 9.17) is 0 Å². The molecule has 1 atom stereocenters. The predicted octanol–water partition coefficient (Wildman–Crippen LogP) is 3.26. The topological polar surface area (TPSA) is 105 Å². The van der Waals surface area contributed by atoms with Crippen LogP contribution in [-0.4, -0.2) is 50.5 Å². The molecule has 0 aliphatic carbocycles. The number of thiazole rings is 1. The number of fused-ring (bicyclic) bond motifs is 1. The molecule has 1 aliphatic heterocycles. The van der Waals surface area contributed by atoms with Gasteiger partial charge in [-0.15, -0.1) is 11.3 Å². The molecule has 2 amide bonds. The number of pyridine rings is 1. The molecule has 1 unspecified atom stereocenters. The lowest BCUT2D eigenvalue weighted by Gasteiger charge is -2.44. The number of rotatable bonds is 6. The largest absolute Gasteiger partial charge is 0.503 e. The van der Waals surface area contributed by atoms with Crippen molar-refractivity contribution >= 4 is 23.2 Å². The van der Waals surface area contributed by atoms with Crippen LogP contribution in [0.4, 0.5) is 8.78 Å². The monoisotopic (exact) mass is 516 g/mol. The van der Waals surface area contributed by atoms with Crippen LogP contribution in [-0.2, 0) is 16.8 Å². The molecule has 8 nitrogen and oxygen atoms in total. The van der Waals surface area contributed by atoms with E-state index in [0.717, 1.165) is 23.5 Å². The van der Waals surface area contributed by atoms with Crippen molar-refractivity contribution in [3.8, 4) is 16.3 Å². The Morgan fingerprint density at radius 2 is 2.03 bits per heavy atom. The Hall–Kier alpha value is -3.60. The minimum absolute atomic E-state index is 0.00778. The number of halogens is 2. The number of hydrogen-bond donors (Lipinski definition) is 2. The van der Waals surface area contributed by atoms with E-state index in [1.165, 1.54) is 27.9 Å². The van der Waals surface area contributed by atoms with Gasteiger partial charge in [-0.2, -0.15) is 0 Å². The van der Waals surface area contributed by atoms with E-state index < -0.39 is 34.3 Å². The quantitative estimate of drug-likeness (QED) is 0.524. The van der Waals surface area contributed by atoms with Gasteiger partial charge in [-0.3, -0.25) is 14.4 Å². The van der Waals surface area contributed by atoms with Gasteiger partial charge in [-0.1, -0.05) is 6.07 Å². The summed E-state index contributed by atoms with van der Waals surface area (Å²) in [5, 5.41) is 13.9. The summed E-state index contributed by atoms with van der Waals surface area (Å²) < 4.78 is 28.7. The van der Waals surface area contributed by atoms with Crippen molar-refractivity contribution in [3.05, 3.63) is 68.6 Å². The minimum atomic E-state index is -1.30. The van der Waals surface area contributed by atoms with E-state index >= 15 is 0 Å². The zero-order valence-corrected chi connectivity index (χ0v) is 21.1. The molecule has 0 saturated heterocycles. The molecule has 2 N–H and O–H groups in total. The van der Waals surface area contributed by atoms with Crippen LogP contribution in [0.5, 0.6) is 5.75 Å². The predicted molar refractivity (Wildman–Crippen MR) is 131 cm³/mol. The molecule has 1 aliphatic rings. The van der Waals surface area contributed by atoms with Gasteiger partial charge >= 0.3 is 0 Å². The number of amides is 2. The van der Waals surface area contributed by atoms with E-state index in [1.807, 2.05) is 0 Å². The number of nitrogens with zero attached hydrogens (tertiary/aromatic N) is 3. The third-order valence-electron chi connectivity index (χ3n) is 6.27. The van der Waals surface area contributed by atoms with E-state index in [1.54, 1.807) is 27.7 Å². The number of carbonyl (C=O) groups excluding carboxylic acids is 2. The van der Waals surface area contributed by atoms with Crippen LogP contribution in [0.15, 0.2) is 35.4 Å². The Kier molecular flexibility index (Phi) is 6.70. The van der Waals surface area contributed by atoms with Gasteiger partial charge in [0.1, 0.15) is 22.2 Å². The van der Waals surface area contributed by atoms with Crippen molar-refractivity contribution in [3.63, 3.8) is 0 Å². The van der Waals surface area contributed by atoms with Crippen LogP contribution in [0.2, 0.25) is 0 Å². The number of aromatic nitrogens is 2.